The minimum absolute atomic E-state index is 0.576. The maximum absolute atomic E-state index is 8.99. The summed E-state index contributed by atoms with van der Waals surface area (Å²) in [7, 11) is 1.50. The van der Waals surface area contributed by atoms with E-state index in [1.807, 2.05) is 0 Å². The topological polar surface area (TPSA) is 49.7 Å². The van der Waals surface area contributed by atoms with Gasteiger partial charge in [-0.05, 0) is 6.08 Å². The molecule has 0 fully saturated rings. The average molecular weight is 142 g/mol. The van der Waals surface area contributed by atoms with Gasteiger partial charge in [-0.2, -0.15) is 0 Å². The highest BCUT2D eigenvalue weighted by atomic mass is 16.5. The van der Waals surface area contributed by atoms with Crippen LogP contribution in [-0.4, -0.2) is 23.1 Å². The molecular formula is C7H10O3. The Balaban J connectivity index is 2.73. The second-order valence-corrected chi connectivity index (χ2v) is 2.20. The summed E-state index contributed by atoms with van der Waals surface area (Å²) in [6.45, 7) is 0. The Morgan fingerprint density at radius 3 is 2.70 bits per heavy atom. The van der Waals surface area contributed by atoms with E-state index in [2.05, 4.69) is 0 Å². The summed E-state index contributed by atoms with van der Waals surface area (Å²) in [6, 6.07) is 0. The van der Waals surface area contributed by atoms with Crippen molar-refractivity contribution >= 4 is 0 Å². The number of hydrogen-bond donors (Lipinski definition) is 2. The second-order valence-electron chi connectivity index (χ2n) is 2.20. The molecule has 2 N–H and O–H groups in total. The van der Waals surface area contributed by atoms with E-state index in [-0.39, 0.29) is 0 Å². The number of methoxy groups -OCH3 is 1. The third-order valence-corrected chi connectivity index (χ3v) is 1.32. The lowest BCUT2D eigenvalue weighted by Gasteiger charge is -2.18. The van der Waals surface area contributed by atoms with Crippen molar-refractivity contribution in [2.75, 3.05) is 7.11 Å². The fraction of sp³-hybridized carbons (Fsp3) is 0.429. The summed E-state index contributed by atoms with van der Waals surface area (Å²) in [5.74, 6) is -1.24. The average Bonchev–Trinajstić information content (AvgIpc) is 1.86. The van der Waals surface area contributed by atoms with Crippen LogP contribution in [0, 0.1) is 0 Å². The molecule has 0 saturated heterocycles. The summed E-state index contributed by atoms with van der Waals surface area (Å²) >= 11 is 0. The summed E-state index contributed by atoms with van der Waals surface area (Å²) in [5.41, 5.74) is 0. The van der Waals surface area contributed by atoms with Crippen LogP contribution in [0.3, 0.4) is 0 Å². The van der Waals surface area contributed by atoms with Crippen molar-refractivity contribution in [2.45, 2.75) is 12.2 Å². The van der Waals surface area contributed by atoms with Crippen LogP contribution in [0.15, 0.2) is 24.0 Å². The molecule has 0 aromatic carbocycles. The Bertz CT molecular complexity index is 179. The maximum Gasteiger partial charge on any atom is 0.206 e. The van der Waals surface area contributed by atoms with Gasteiger partial charge in [-0.15, -0.1) is 0 Å². The van der Waals surface area contributed by atoms with Crippen LogP contribution in [0.1, 0.15) is 6.42 Å². The van der Waals surface area contributed by atoms with Crippen molar-refractivity contribution in [3.05, 3.63) is 24.0 Å². The molecule has 0 heterocycles. The quantitative estimate of drug-likeness (QED) is 0.405. The Morgan fingerprint density at radius 2 is 2.30 bits per heavy atom. The summed E-state index contributed by atoms with van der Waals surface area (Å²) < 4.78 is 4.82. The van der Waals surface area contributed by atoms with Gasteiger partial charge in [0.1, 0.15) is 5.76 Å². The number of ether oxygens (including phenoxy) is 1. The van der Waals surface area contributed by atoms with E-state index in [1.165, 1.54) is 19.3 Å². The Labute approximate surface area is 59.2 Å². The van der Waals surface area contributed by atoms with Gasteiger partial charge in [-0.25, -0.2) is 0 Å². The number of allylic oxidation sites excluding steroid dienone is 1. The Kier molecular flexibility index (Phi) is 1.78. The number of rotatable bonds is 1. The fourth-order valence-corrected chi connectivity index (χ4v) is 0.835. The molecule has 1 rings (SSSR count). The third-order valence-electron chi connectivity index (χ3n) is 1.32. The third kappa shape index (κ3) is 1.59. The van der Waals surface area contributed by atoms with Crippen molar-refractivity contribution in [1.29, 1.82) is 0 Å². The smallest absolute Gasteiger partial charge is 0.206 e. The molecular weight excluding hydrogens is 132 g/mol. The predicted molar refractivity (Wildman–Crippen MR) is 36.0 cm³/mol. The van der Waals surface area contributed by atoms with Crippen LogP contribution < -0.4 is 0 Å². The lowest BCUT2D eigenvalue weighted by Crippen LogP contribution is -2.24. The Morgan fingerprint density at radius 1 is 1.60 bits per heavy atom. The molecule has 0 saturated carbocycles. The minimum atomic E-state index is -1.82. The molecule has 1 aliphatic rings. The van der Waals surface area contributed by atoms with E-state index >= 15 is 0 Å². The first-order chi connectivity index (χ1) is 4.64. The van der Waals surface area contributed by atoms with E-state index < -0.39 is 5.79 Å². The molecule has 10 heavy (non-hydrogen) atoms. The van der Waals surface area contributed by atoms with Gasteiger partial charge in [0.25, 0.3) is 0 Å². The highest BCUT2D eigenvalue weighted by Gasteiger charge is 2.19. The summed E-state index contributed by atoms with van der Waals surface area (Å²) in [4.78, 5) is 0. The molecule has 3 nitrogen and oxygen atoms in total. The van der Waals surface area contributed by atoms with Crippen LogP contribution in [0.4, 0.5) is 0 Å². The molecule has 56 valence electrons. The summed E-state index contributed by atoms with van der Waals surface area (Å²) in [5, 5.41) is 18.0. The van der Waals surface area contributed by atoms with Crippen molar-refractivity contribution in [2.24, 2.45) is 0 Å². The standard InChI is InChI=1S/C7H10O3/c1-10-6-3-2-4-7(8,9)5-6/h2,4-5,8-9H,3H2,1H3. The first-order valence-electron chi connectivity index (χ1n) is 3.02. The number of hydrogen-bond acceptors (Lipinski definition) is 3. The van der Waals surface area contributed by atoms with Crippen LogP contribution in [0.2, 0.25) is 0 Å². The van der Waals surface area contributed by atoms with Crippen LogP contribution in [-0.2, 0) is 4.74 Å². The lowest BCUT2D eigenvalue weighted by atomic mass is 10.1. The zero-order chi connectivity index (χ0) is 7.61. The van der Waals surface area contributed by atoms with Gasteiger partial charge in [0.05, 0.1) is 7.11 Å². The predicted octanol–water partition coefficient (Wildman–Crippen LogP) is 0.157. The highest BCUT2D eigenvalue weighted by Crippen LogP contribution is 2.17. The molecule has 0 aromatic heterocycles. The van der Waals surface area contributed by atoms with Gasteiger partial charge in [0, 0.05) is 12.5 Å². The van der Waals surface area contributed by atoms with Gasteiger partial charge in [-0.1, -0.05) is 6.08 Å². The van der Waals surface area contributed by atoms with E-state index in [0.717, 1.165) is 0 Å². The molecule has 0 aromatic rings. The second kappa shape index (κ2) is 2.44. The molecule has 0 atom stereocenters. The maximum atomic E-state index is 8.99. The molecule has 0 spiro atoms. The van der Waals surface area contributed by atoms with Crippen LogP contribution >= 0.6 is 0 Å². The van der Waals surface area contributed by atoms with Gasteiger partial charge < -0.3 is 14.9 Å². The van der Waals surface area contributed by atoms with Crippen molar-refractivity contribution < 1.29 is 14.9 Å². The van der Waals surface area contributed by atoms with E-state index in [9.17, 15) is 0 Å². The molecule has 0 amide bonds. The first-order valence-corrected chi connectivity index (χ1v) is 3.02. The largest absolute Gasteiger partial charge is 0.501 e. The van der Waals surface area contributed by atoms with Crippen LogP contribution in [0.5, 0.6) is 0 Å². The highest BCUT2D eigenvalue weighted by molar-refractivity contribution is 5.18. The molecule has 0 bridgehead atoms. The fourth-order valence-electron chi connectivity index (χ4n) is 0.835. The van der Waals surface area contributed by atoms with Gasteiger partial charge >= 0.3 is 0 Å². The zero-order valence-corrected chi connectivity index (χ0v) is 5.74. The van der Waals surface area contributed by atoms with Gasteiger partial charge in [0.15, 0.2) is 0 Å². The van der Waals surface area contributed by atoms with Crippen molar-refractivity contribution in [3.63, 3.8) is 0 Å². The normalized spacial score (nSPS) is 22.1. The van der Waals surface area contributed by atoms with Crippen molar-refractivity contribution in [1.82, 2.24) is 0 Å². The van der Waals surface area contributed by atoms with E-state index in [4.69, 9.17) is 14.9 Å². The molecule has 0 unspecified atom stereocenters. The zero-order valence-electron chi connectivity index (χ0n) is 5.74. The molecule has 0 radical (unpaired) electrons. The summed E-state index contributed by atoms with van der Waals surface area (Å²) in [6.07, 6.45) is 4.86. The SMILES string of the molecule is COC1=CC(O)(O)C=CC1. The number of aliphatic hydroxyl groups is 2. The van der Waals surface area contributed by atoms with Gasteiger partial charge in [-0.3, -0.25) is 0 Å². The molecule has 3 heteroatoms. The Hall–Kier alpha value is -0.800. The van der Waals surface area contributed by atoms with Gasteiger partial charge in [0.2, 0.25) is 5.79 Å². The van der Waals surface area contributed by atoms with E-state index in [1.54, 1.807) is 6.08 Å². The lowest BCUT2D eigenvalue weighted by molar-refractivity contribution is -0.0782. The van der Waals surface area contributed by atoms with Crippen molar-refractivity contribution in [3.8, 4) is 0 Å². The molecule has 1 aliphatic carbocycles. The monoisotopic (exact) mass is 142 g/mol. The minimum Gasteiger partial charge on any atom is -0.501 e. The van der Waals surface area contributed by atoms with E-state index in [0.29, 0.717) is 12.2 Å². The van der Waals surface area contributed by atoms with Crippen LogP contribution in [0.25, 0.3) is 0 Å². The molecule has 0 aliphatic heterocycles. The first kappa shape index (κ1) is 7.31.